The molecule has 234 valence electrons. The molecule has 0 saturated carbocycles. The number of rotatable bonds is 5. The molecule has 8 aromatic rings. The van der Waals surface area contributed by atoms with E-state index in [4.69, 9.17) is 13.7 Å². The van der Waals surface area contributed by atoms with Crippen molar-refractivity contribution < 1.29 is 13.7 Å². The Balaban J connectivity index is 1.21. The maximum atomic E-state index is 8.63. The summed E-state index contributed by atoms with van der Waals surface area (Å²) in [5, 5.41) is 0. The maximum Gasteiger partial charge on any atom is 0.0726 e. The zero-order chi connectivity index (χ0) is 41.8. The van der Waals surface area contributed by atoms with Gasteiger partial charge in [-0.3, -0.25) is 0 Å². The van der Waals surface area contributed by atoms with Crippen molar-refractivity contribution >= 4 is 17.1 Å². The largest absolute Gasteiger partial charge is 0.310 e. The summed E-state index contributed by atoms with van der Waals surface area (Å²) in [7, 11) is 0. The molecule has 0 atom stereocenters. The van der Waals surface area contributed by atoms with Crippen molar-refractivity contribution in [3.8, 4) is 44.5 Å². The highest BCUT2D eigenvalue weighted by Gasteiger charge is 2.52. The zero-order valence-corrected chi connectivity index (χ0v) is 26.7. The first-order valence-electron chi connectivity index (χ1n) is 21.5. The monoisotopic (exact) mass is 645 g/mol. The summed E-state index contributed by atoms with van der Waals surface area (Å²) < 4.78 is 83.9. The molecule has 0 aliphatic heterocycles. The van der Waals surface area contributed by atoms with Gasteiger partial charge in [-0.25, -0.2) is 0 Å². The van der Waals surface area contributed by atoms with Gasteiger partial charge in [0.15, 0.2) is 0 Å². The van der Waals surface area contributed by atoms with Crippen molar-refractivity contribution in [3.63, 3.8) is 0 Å². The maximum absolute atomic E-state index is 8.63. The van der Waals surface area contributed by atoms with Crippen LogP contribution in [0.3, 0.4) is 0 Å². The molecule has 0 N–H and O–H groups in total. The van der Waals surface area contributed by atoms with Gasteiger partial charge in [-0.1, -0.05) is 170 Å². The smallest absolute Gasteiger partial charge is 0.0726 e. The van der Waals surface area contributed by atoms with E-state index in [2.05, 4.69) is 95.9 Å². The van der Waals surface area contributed by atoms with Gasteiger partial charge in [0, 0.05) is 16.9 Å². The average Bonchev–Trinajstić information content (AvgIpc) is 3.75. The molecule has 0 amide bonds. The molecule has 0 fully saturated rings. The lowest BCUT2D eigenvalue weighted by atomic mass is 9.70. The van der Waals surface area contributed by atoms with Crippen LogP contribution in [-0.2, 0) is 5.41 Å². The molecule has 0 radical (unpaired) electrons. The molecule has 50 heavy (non-hydrogen) atoms. The Bertz CT molecular complexity index is 2890. The molecule has 10 rings (SSSR count). The molecule has 1 heteroatoms. The summed E-state index contributed by atoms with van der Waals surface area (Å²) in [5.41, 5.74) is 12.0. The van der Waals surface area contributed by atoms with E-state index in [0.29, 0.717) is 11.1 Å². The van der Waals surface area contributed by atoms with Crippen LogP contribution in [0.4, 0.5) is 17.1 Å². The summed E-state index contributed by atoms with van der Waals surface area (Å²) in [6.45, 7) is 0. The molecule has 8 aromatic carbocycles. The molecular weight excluding hydrogens is 603 g/mol. The van der Waals surface area contributed by atoms with E-state index in [1.165, 1.54) is 22.3 Å². The minimum Gasteiger partial charge on any atom is -0.310 e. The topological polar surface area (TPSA) is 3.24 Å². The zero-order valence-electron chi connectivity index (χ0n) is 36.7. The first-order chi connectivity index (χ1) is 29.0. The molecule has 1 nitrogen and oxygen atoms in total. The third-order valence-corrected chi connectivity index (χ3v) is 10.1. The molecular formula is C49H33N. The van der Waals surface area contributed by atoms with Gasteiger partial charge in [-0.2, -0.15) is 0 Å². The summed E-state index contributed by atoms with van der Waals surface area (Å²) in [5.74, 6) is 0. The van der Waals surface area contributed by atoms with Gasteiger partial charge >= 0.3 is 0 Å². The number of nitrogens with zero attached hydrogens (tertiary/aromatic N) is 1. The Morgan fingerprint density at radius 2 is 0.780 bits per heavy atom. The normalized spacial score (nSPS) is 15.8. The first kappa shape index (κ1) is 20.2. The van der Waals surface area contributed by atoms with Gasteiger partial charge < -0.3 is 4.90 Å². The molecule has 0 aromatic heterocycles. The van der Waals surface area contributed by atoms with E-state index in [1.807, 2.05) is 24.3 Å². The fourth-order valence-electron chi connectivity index (χ4n) is 8.08. The van der Waals surface area contributed by atoms with Gasteiger partial charge in [-0.05, 0) is 91.5 Å². The molecule has 2 aliphatic carbocycles. The van der Waals surface area contributed by atoms with Gasteiger partial charge in [0.05, 0.1) is 24.8 Å². The van der Waals surface area contributed by atoms with Crippen LogP contribution in [0.2, 0.25) is 0 Å². The second kappa shape index (κ2) is 11.3. The highest BCUT2D eigenvalue weighted by molar-refractivity contribution is 6.01. The number of fused-ring (bicyclic) bond motifs is 10. The second-order valence-electron chi connectivity index (χ2n) is 12.5. The molecule has 2 aliphatic rings. The van der Waals surface area contributed by atoms with Crippen molar-refractivity contribution in [3.05, 3.63) is 222 Å². The molecule has 0 heterocycles. The van der Waals surface area contributed by atoms with Crippen LogP contribution in [0.1, 0.15) is 36.0 Å². The Kier molecular flexibility index (Phi) is 4.57. The summed E-state index contributed by atoms with van der Waals surface area (Å²) in [4.78, 5) is 2.11. The quantitative estimate of drug-likeness (QED) is 0.180. The third-order valence-electron chi connectivity index (χ3n) is 10.1. The lowest BCUT2D eigenvalue weighted by Crippen LogP contribution is -2.26. The second-order valence-corrected chi connectivity index (χ2v) is 12.5. The predicted octanol–water partition coefficient (Wildman–Crippen LogP) is 12.8. The number of benzene rings is 8. The van der Waals surface area contributed by atoms with Crippen LogP contribution >= 0.6 is 0 Å². The minimum absolute atomic E-state index is 0.108. The van der Waals surface area contributed by atoms with E-state index in [-0.39, 0.29) is 35.3 Å². The summed E-state index contributed by atoms with van der Waals surface area (Å²) in [6, 6.07) is 42.9. The van der Waals surface area contributed by atoms with Crippen LogP contribution in [0.25, 0.3) is 44.5 Å². The Morgan fingerprint density at radius 3 is 1.28 bits per heavy atom. The highest BCUT2D eigenvalue weighted by Crippen LogP contribution is 2.64. The molecule has 0 unspecified atom stereocenters. The minimum atomic E-state index is -0.601. The van der Waals surface area contributed by atoms with E-state index >= 15 is 0 Å². The summed E-state index contributed by atoms with van der Waals surface area (Å²) >= 11 is 0. The van der Waals surface area contributed by atoms with Gasteiger partial charge in [0.1, 0.15) is 0 Å². The van der Waals surface area contributed by atoms with Crippen molar-refractivity contribution in [2.75, 3.05) is 4.90 Å². The number of hydrogen-bond acceptors (Lipinski definition) is 1. The fourth-order valence-corrected chi connectivity index (χ4v) is 8.08. The van der Waals surface area contributed by atoms with Crippen molar-refractivity contribution in [1.82, 2.24) is 0 Å². The number of anilines is 3. The fraction of sp³-hybridized carbons (Fsp3) is 0.0204. The Hall–Kier alpha value is -6.44. The van der Waals surface area contributed by atoms with E-state index < -0.39 is 41.7 Å². The van der Waals surface area contributed by atoms with Crippen LogP contribution in [0, 0.1) is 0 Å². The third kappa shape index (κ3) is 4.14. The van der Waals surface area contributed by atoms with Crippen LogP contribution in [0.15, 0.2) is 200 Å². The van der Waals surface area contributed by atoms with Gasteiger partial charge in [0.2, 0.25) is 0 Å². The van der Waals surface area contributed by atoms with Crippen LogP contribution < -0.4 is 4.90 Å². The van der Waals surface area contributed by atoms with Crippen molar-refractivity contribution in [1.29, 1.82) is 0 Å². The van der Waals surface area contributed by atoms with Crippen molar-refractivity contribution in [2.45, 2.75) is 5.41 Å². The standard InChI is InChI=1S/C49H33N/c1-3-14-34(15-4-1)36-26-30-38(31-27-36)50(39-32-28-37(29-33-39)35-16-5-2-6-17-35)47-25-13-24-46-48(47)42-20-9-12-23-45(42)49(46)43-21-10-7-18-40(43)41-19-8-11-22-44(41)49/h1-33H/i1D,2D,3D,4D,5D,6D,14D,15D,16D,17D. The van der Waals surface area contributed by atoms with Crippen LogP contribution in [-0.4, -0.2) is 0 Å². The van der Waals surface area contributed by atoms with E-state index in [1.54, 1.807) is 24.3 Å². The lowest BCUT2D eigenvalue weighted by Gasteiger charge is -2.32. The average molecular weight is 646 g/mol. The lowest BCUT2D eigenvalue weighted by molar-refractivity contribution is 0.794. The van der Waals surface area contributed by atoms with E-state index in [0.717, 1.165) is 39.3 Å². The van der Waals surface area contributed by atoms with E-state index in [9.17, 15) is 0 Å². The Morgan fingerprint density at radius 1 is 0.360 bits per heavy atom. The molecule has 0 bridgehead atoms. The molecule has 1 spiro atoms. The van der Waals surface area contributed by atoms with Gasteiger partial charge in [-0.15, -0.1) is 0 Å². The number of hydrogen-bond donors (Lipinski definition) is 0. The first-order valence-corrected chi connectivity index (χ1v) is 16.5. The van der Waals surface area contributed by atoms with Gasteiger partial charge in [0.25, 0.3) is 0 Å². The Labute approximate surface area is 307 Å². The van der Waals surface area contributed by atoms with Crippen molar-refractivity contribution in [2.24, 2.45) is 0 Å². The predicted molar refractivity (Wildman–Crippen MR) is 208 cm³/mol. The molecule has 0 saturated heterocycles. The van der Waals surface area contributed by atoms with Crippen LogP contribution in [0.5, 0.6) is 0 Å². The SMILES string of the molecule is [2H]c1c([2H])c([2H])c(-c2ccc(N(c3ccc(-c4c([2H])c([2H])c([2H])c([2H])c4[2H])cc3)c3cccc4c3-c3ccccc3C43c4ccccc4-c4ccccc43)cc2)c([2H])c1[2H]. The summed E-state index contributed by atoms with van der Waals surface area (Å²) in [6.07, 6.45) is 0. The highest BCUT2D eigenvalue weighted by atomic mass is 15.1.